The van der Waals surface area contributed by atoms with Crippen molar-refractivity contribution in [2.75, 3.05) is 5.75 Å². The van der Waals surface area contributed by atoms with Crippen molar-refractivity contribution in [2.45, 2.75) is 76.6 Å². The van der Waals surface area contributed by atoms with Crippen molar-refractivity contribution in [1.82, 2.24) is 5.32 Å². The molecule has 0 radical (unpaired) electrons. The van der Waals surface area contributed by atoms with Gasteiger partial charge >= 0.3 is 0 Å². The first-order chi connectivity index (χ1) is 8.27. The van der Waals surface area contributed by atoms with E-state index < -0.39 is 0 Å². The third-order valence-corrected chi connectivity index (χ3v) is 6.00. The third-order valence-electron chi connectivity index (χ3n) is 4.41. The summed E-state index contributed by atoms with van der Waals surface area (Å²) in [5, 5.41) is 4.61. The van der Waals surface area contributed by atoms with Crippen LogP contribution in [-0.2, 0) is 0 Å². The van der Waals surface area contributed by atoms with Gasteiger partial charge in [0, 0.05) is 11.8 Å². The van der Waals surface area contributed by atoms with E-state index in [9.17, 15) is 0 Å². The Hall–Kier alpha value is 0.310. The van der Waals surface area contributed by atoms with Crippen molar-refractivity contribution >= 4 is 11.8 Å². The van der Waals surface area contributed by atoms with Gasteiger partial charge in [-0.25, -0.2) is 0 Å². The summed E-state index contributed by atoms with van der Waals surface area (Å²) in [6.45, 7) is 4.69. The lowest BCUT2D eigenvalue weighted by Gasteiger charge is -2.24. The molecular weight excluding hydrogens is 226 g/mol. The van der Waals surface area contributed by atoms with Crippen molar-refractivity contribution in [2.24, 2.45) is 11.8 Å². The number of hydrogen-bond donors (Lipinski definition) is 1. The molecule has 17 heavy (non-hydrogen) atoms. The second-order valence-corrected chi connectivity index (χ2v) is 7.40. The van der Waals surface area contributed by atoms with E-state index in [4.69, 9.17) is 0 Å². The Balaban J connectivity index is 1.82. The smallest absolute Gasteiger partial charge is 0.0558 e. The molecule has 2 rings (SSSR count). The van der Waals surface area contributed by atoms with Crippen LogP contribution >= 0.6 is 11.8 Å². The largest absolute Gasteiger partial charge is 0.301 e. The molecule has 2 atom stereocenters. The Morgan fingerprint density at radius 3 is 2.06 bits per heavy atom. The van der Waals surface area contributed by atoms with Crippen molar-refractivity contribution < 1.29 is 0 Å². The van der Waals surface area contributed by atoms with E-state index in [2.05, 4.69) is 30.9 Å². The Morgan fingerprint density at radius 2 is 1.53 bits per heavy atom. The fourth-order valence-electron chi connectivity index (χ4n) is 3.24. The Morgan fingerprint density at radius 1 is 0.941 bits per heavy atom. The average molecular weight is 255 g/mol. The molecule has 1 nitrogen and oxygen atoms in total. The summed E-state index contributed by atoms with van der Waals surface area (Å²) < 4.78 is 0. The first-order valence-corrected chi connectivity index (χ1v) is 8.70. The van der Waals surface area contributed by atoms with E-state index in [1.807, 2.05) is 0 Å². The first kappa shape index (κ1) is 13.7. The normalized spacial score (nSPS) is 33.4. The second-order valence-electron chi connectivity index (χ2n) is 6.23. The maximum absolute atomic E-state index is 3.89. The van der Waals surface area contributed by atoms with E-state index in [1.165, 1.54) is 57.1 Å². The van der Waals surface area contributed by atoms with Gasteiger partial charge in [-0.15, -0.1) is 11.8 Å². The zero-order valence-corrected chi connectivity index (χ0v) is 12.4. The summed E-state index contributed by atoms with van der Waals surface area (Å²) in [6, 6.07) is 0.811. The Labute approximate surface area is 112 Å². The minimum Gasteiger partial charge on any atom is -0.301 e. The van der Waals surface area contributed by atoms with E-state index in [-0.39, 0.29) is 0 Å². The van der Waals surface area contributed by atoms with Gasteiger partial charge in [0.05, 0.1) is 5.37 Å². The summed E-state index contributed by atoms with van der Waals surface area (Å²) in [6.07, 6.45) is 11.8. The summed E-state index contributed by atoms with van der Waals surface area (Å²) >= 11 is 2.16. The summed E-state index contributed by atoms with van der Waals surface area (Å²) in [4.78, 5) is 0. The van der Waals surface area contributed by atoms with Crippen molar-refractivity contribution in [3.63, 3.8) is 0 Å². The van der Waals surface area contributed by atoms with Crippen molar-refractivity contribution in [1.29, 1.82) is 0 Å². The minimum atomic E-state index is 0.715. The fraction of sp³-hybridized carbons (Fsp3) is 1.00. The molecule has 0 aromatic rings. The van der Waals surface area contributed by atoms with Gasteiger partial charge in [-0.3, -0.25) is 0 Å². The van der Waals surface area contributed by atoms with Crippen LogP contribution in [-0.4, -0.2) is 17.2 Å². The van der Waals surface area contributed by atoms with E-state index >= 15 is 0 Å². The first-order valence-electron chi connectivity index (χ1n) is 7.65. The van der Waals surface area contributed by atoms with Crippen LogP contribution in [0.25, 0.3) is 0 Å². The molecule has 1 N–H and O–H groups in total. The number of rotatable bonds is 2. The molecule has 2 fully saturated rings. The van der Waals surface area contributed by atoms with Crippen LogP contribution in [0.3, 0.4) is 0 Å². The molecule has 0 bridgehead atoms. The van der Waals surface area contributed by atoms with E-state index in [0.717, 1.165) is 17.9 Å². The van der Waals surface area contributed by atoms with Gasteiger partial charge in [0.1, 0.15) is 0 Å². The van der Waals surface area contributed by atoms with Gasteiger partial charge in [0.15, 0.2) is 0 Å². The molecule has 2 unspecified atom stereocenters. The molecule has 0 aromatic carbocycles. The van der Waals surface area contributed by atoms with E-state index in [1.54, 1.807) is 0 Å². The number of thioether (sulfide) groups is 1. The topological polar surface area (TPSA) is 12.0 Å². The molecule has 1 saturated heterocycles. The Kier molecular flexibility index (Phi) is 5.68. The van der Waals surface area contributed by atoms with Crippen molar-refractivity contribution in [3.05, 3.63) is 0 Å². The SMILES string of the molecule is CC(C)C1NC(C2CCCCCCCC2)CS1. The lowest BCUT2D eigenvalue weighted by molar-refractivity contribution is 0.320. The summed E-state index contributed by atoms with van der Waals surface area (Å²) in [7, 11) is 0. The third kappa shape index (κ3) is 4.17. The van der Waals surface area contributed by atoms with Gasteiger partial charge in [0.2, 0.25) is 0 Å². The average Bonchev–Trinajstić information content (AvgIpc) is 2.82. The lowest BCUT2D eigenvalue weighted by Crippen LogP contribution is -2.38. The summed E-state index contributed by atoms with van der Waals surface area (Å²) in [5.74, 6) is 3.10. The standard InChI is InChI=1S/C15H29NS/c1-12(2)15-16-14(11-17-15)13-9-7-5-3-4-6-8-10-13/h12-16H,3-11H2,1-2H3. The highest BCUT2D eigenvalue weighted by Gasteiger charge is 2.31. The molecule has 1 aliphatic heterocycles. The number of nitrogens with one attached hydrogen (secondary N) is 1. The molecule has 1 saturated carbocycles. The molecular formula is C15H29NS. The van der Waals surface area contributed by atoms with Crippen LogP contribution in [0.5, 0.6) is 0 Å². The Bertz CT molecular complexity index is 207. The molecule has 100 valence electrons. The van der Waals surface area contributed by atoms with Gasteiger partial charge in [-0.1, -0.05) is 52.4 Å². The van der Waals surface area contributed by atoms with Crippen LogP contribution in [0.1, 0.15) is 65.2 Å². The number of hydrogen-bond acceptors (Lipinski definition) is 2. The van der Waals surface area contributed by atoms with Gasteiger partial charge < -0.3 is 5.32 Å². The van der Waals surface area contributed by atoms with Crippen LogP contribution < -0.4 is 5.32 Å². The maximum Gasteiger partial charge on any atom is 0.0558 e. The van der Waals surface area contributed by atoms with Gasteiger partial charge in [-0.2, -0.15) is 0 Å². The lowest BCUT2D eigenvalue weighted by atomic mass is 9.90. The van der Waals surface area contributed by atoms with E-state index in [0.29, 0.717) is 5.37 Å². The summed E-state index contributed by atoms with van der Waals surface area (Å²) in [5.41, 5.74) is 0. The molecule has 2 aliphatic rings. The fourth-order valence-corrected chi connectivity index (χ4v) is 4.68. The minimum absolute atomic E-state index is 0.715. The van der Waals surface area contributed by atoms with Crippen molar-refractivity contribution in [3.8, 4) is 0 Å². The van der Waals surface area contributed by atoms with Gasteiger partial charge in [0.25, 0.3) is 0 Å². The quantitative estimate of drug-likeness (QED) is 0.783. The maximum atomic E-state index is 3.89. The van der Waals surface area contributed by atoms with Crippen LogP contribution in [0.15, 0.2) is 0 Å². The molecule has 1 aliphatic carbocycles. The molecule has 2 heteroatoms. The monoisotopic (exact) mass is 255 g/mol. The highest BCUT2D eigenvalue weighted by molar-refractivity contribution is 8.00. The second kappa shape index (κ2) is 7.04. The molecule has 0 amide bonds. The van der Waals surface area contributed by atoms with Crippen LogP contribution in [0.4, 0.5) is 0 Å². The van der Waals surface area contributed by atoms with Crippen LogP contribution in [0, 0.1) is 11.8 Å². The molecule has 1 heterocycles. The highest BCUT2D eigenvalue weighted by Crippen LogP contribution is 2.33. The zero-order chi connectivity index (χ0) is 12.1. The predicted molar refractivity (Wildman–Crippen MR) is 78.4 cm³/mol. The molecule has 0 aromatic heterocycles. The van der Waals surface area contributed by atoms with Crippen LogP contribution in [0.2, 0.25) is 0 Å². The zero-order valence-electron chi connectivity index (χ0n) is 11.6. The predicted octanol–water partition coefficient (Wildman–Crippen LogP) is 4.42. The van der Waals surface area contributed by atoms with Gasteiger partial charge in [-0.05, 0) is 24.7 Å². The highest BCUT2D eigenvalue weighted by atomic mass is 32.2. The molecule has 0 spiro atoms.